The van der Waals surface area contributed by atoms with Crippen molar-refractivity contribution in [3.05, 3.63) is 67.6 Å². The standard InChI is InChI=1S/C14H14P.2ClH.Ni/c1-2-15(13-9-5-3-6-10-13)14-11-7-4-8-12-14;;;/h3-12H,1-2H2;2*1H;/q-1;;;+3/p-2. The summed E-state index contributed by atoms with van der Waals surface area (Å²) in [6.45, 7) is 4.07. The van der Waals surface area contributed by atoms with Gasteiger partial charge in [0, 0.05) is 0 Å². The Labute approximate surface area is 125 Å². The van der Waals surface area contributed by atoms with Gasteiger partial charge in [0.05, 0.1) is 0 Å². The number of hydrogen-bond acceptors (Lipinski definition) is 0. The summed E-state index contributed by atoms with van der Waals surface area (Å²) >= 11 is 0.569. The van der Waals surface area contributed by atoms with Gasteiger partial charge < -0.3 is 6.92 Å². The fraction of sp³-hybridized carbons (Fsp3) is 0.0714. The monoisotopic (exact) mass is 341 g/mol. The Morgan fingerprint density at radius 1 is 0.833 bits per heavy atom. The van der Waals surface area contributed by atoms with E-state index in [9.17, 15) is 0 Å². The molecular weight excluding hydrogens is 329 g/mol. The van der Waals surface area contributed by atoms with E-state index < -0.39 is 0 Å². The van der Waals surface area contributed by atoms with Crippen LogP contribution in [0.3, 0.4) is 0 Å². The van der Waals surface area contributed by atoms with Gasteiger partial charge in [-0.05, 0) is 10.6 Å². The Hall–Kier alpha value is -0.0565. The molecule has 18 heavy (non-hydrogen) atoms. The van der Waals surface area contributed by atoms with Crippen LogP contribution in [0.5, 0.6) is 0 Å². The van der Waals surface area contributed by atoms with Crippen molar-refractivity contribution in [1.29, 1.82) is 0 Å². The molecule has 99 valence electrons. The van der Waals surface area contributed by atoms with E-state index >= 15 is 0 Å². The summed E-state index contributed by atoms with van der Waals surface area (Å²) in [6, 6.07) is 21.3. The maximum atomic E-state index is 4.70. The predicted octanol–water partition coefficient (Wildman–Crippen LogP) is 4.33. The van der Waals surface area contributed by atoms with Gasteiger partial charge in [-0.3, -0.25) is 0 Å². The van der Waals surface area contributed by atoms with Crippen LogP contribution >= 0.6 is 28.3 Å². The number of hydrogen-bond donors (Lipinski definition) is 0. The van der Waals surface area contributed by atoms with Crippen LogP contribution in [0.2, 0.25) is 0 Å². The van der Waals surface area contributed by atoms with Gasteiger partial charge in [0.2, 0.25) is 0 Å². The summed E-state index contributed by atoms with van der Waals surface area (Å²) in [7, 11) is 9.14. The van der Waals surface area contributed by atoms with E-state index in [0.717, 1.165) is 6.16 Å². The Balaban J connectivity index is 0.000000492. The summed E-state index contributed by atoms with van der Waals surface area (Å²) in [5.41, 5.74) is 0. The van der Waals surface area contributed by atoms with Crippen LogP contribution in [0.15, 0.2) is 60.7 Å². The van der Waals surface area contributed by atoms with Crippen LogP contribution in [-0.4, -0.2) is 6.16 Å². The van der Waals surface area contributed by atoms with Crippen molar-refractivity contribution in [2.75, 3.05) is 6.16 Å². The molecule has 2 aromatic carbocycles. The Kier molecular flexibility index (Phi) is 8.73. The summed E-state index contributed by atoms with van der Waals surface area (Å²) in [5, 5.41) is 2.82. The number of rotatable bonds is 3. The molecule has 2 rings (SSSR count). The molecule has 0 aliphatic carbocycles. The topological polar surface area (TPSA) is 0 Å². The van der Waals surface area contributed by atoms with E-state index in [1.807, 2.05) is 0 Å². The van der Waals surface area contributed by atoms with Crippen molar-refractivity contribution in [3.63, 3.8) is 0 Å². The molecule has 0 heterocycles. The van der Waals surface area contributed by atoms with Crippen molar-refractivity contribution < 1.29 is 12.7 Å². The number of benzene rings is 2. The molecule has 0 amide bonds. The van der Waals surface area contributed by atoms with Gasteiger partial charge in [-0.2, -0.15) is 6.16 Å². The van der Waals surface area contributed by atoms with E-state index in [1.165, 1.54) is 10.6 Å². The van der Waals surface area contributed by atoms with E-state index in [2.05, 4.69) is 67.6 Å². The molecule has 0 N–H and O–H groups in total. The molecule has 0 saturated heterocycles. The Morgan fingerprint density at radius 2 is 1.17 bits per heavy atom. The maximum absolute atomic E-state index is 4.70. The third kappa shape index (κ3) is 5.29. The van der Waals surface area contributed by atoms with Gasteiger partial charge in [-0.15, -0.1) is 0 Å². The van der Waals surface area contributed by atoms with Crippen LogP contribution < -0.4 is 10.6 Å². The molecular formula is C14H14Cl2NiP. The van der Waals surface area contributed by atoms with Crippen molar-refractivity contribution in [2.45, 2.75) is 0 Å². The first-order valence-electron chi connectivity index (χ1n) is 5.32. The van der Waals surface area contributed by atoms with Crippen LogP contribution in [0.25, 0.3) is 0 Å². The summed E-state index contributed by atoms with van der Waals surface area (Å²) in [5.74, 6) is 0. The molecule has 4 heteroatoms. The summed E-state index contributed by atoms with van der Waals surface area (Å²) in [4.78, 5) is 0. The second-order valence-electron chi connectivity index (χ2n) is 3.37. The third-order valence-corrected chi connectivity index (χ3v) is 4.65. The normalized spacial score (nSPS) is 10.0. The van der Waals surface area contributed by atoms with Gasteiger partial charge >= 0.3 is 33.0 Å². The van der Waals surface area contributed by atoms with Crippen LogP contribution in [-0.2, 0) is 12.7 Å². The summed E-state index contributed by atoms with van der Waals surface area (Å²) < 4.78 is 0. The first-order chi connectivity index (χ1) is 8.83. The van der Waals surface area contributed by atoms with Crippen molar-refractivity contribution in [1.82, 2.24) is 0 Å². The molecule has 0 aromatic heterocycles. The molecule has 0 saturated carbocycles. The fourth-order valence-electron chi connectivity index (χ4n) is 1.62. The molecule has 0 radical (unpaired) electrons. The zero-order valence-electron chi connectivity index (χ0n) is 9.71. The van der Waals surface area contributed by atoms with Crippen molar-refractivity contribution in [3.8, 4) is 0 Å². The second-order valence-corrected chi connectivity index (χ2v) is 7.34. The Bertz CT molecular complexity index is 383. The third-order valence-electron chi connectivity index (χ3n) is 2.36. The van der Waals surface area contributed by atoms with Crippen LogP contribution in [0.1, 0.15) is 0 Å². The van der Waals surface area contributed by atoms with Gasteiger partial charge in [0.15, 0.2) is 0 Å². The fourth-order valence-corrected chi connectivity index (χ4v) is 3.50. The van der Waals surface area contributed by atoms with Crippen molar-refractivity contribution >= 4 is 38.9 Å². The number of halogens is 2. The zero-order valence-corrected chi connectivity index (χ0v) is 13.1. The average Bonchev–Trinajstić information content (AvgIpc) is 2.43. The van der Waals surface area contributed by atoms with E-state index in [1.54, 1.807) is 0 Å². The first-order valence-corrected chi connectivity index (χ1v) is 9.57. The molecule has 0 unspecified atom stereocenters. The quantitative estimate of drug-likeness (QED) is 0.442. The first kappa shape index (κ1) is 16.0. The summed E-state index contributed by atoms with van der Waals surface area (Å²) in [6.07, 6.45) is 0.962. The molecule has 0 bridgehead atoms. The predicted molar refractivity (Wildman–Crippen MR) is 81.0 cm³/mol. The van der Waals surface area contributed by atoms with Crippen molar-refractivity contribution in [2.24, 2.45) is 0 Å². The molecule has 0 nitrogen and oxygen atoms in total. The Morgan fingerprint density at radius 3 is 1.44 bits per heavy atom. The van der Waals surface area contributed by atoms with E-state index in [4.69, 9.17) is 20.4 Å². The molecule has 0 aliphatic rings. The van der Waals surface area contributed by atoms with Gasteiger partial charge in [0.1, 0.15) is 0 Å². The van der Waals surface area contributed by atoms with Crippen LogP contribution in [0.4, 0.5) is 0 Å². The average molecular weight is 343 g/mol. The minimum absolute atomic E-state index is 0.260. The second kappa shape index (κ2) is 9.82. The molecule has 0 spiro atoms. The van der Waals surface area contributed by atoms with Gasteiger partial charge in [-0.1, -0.05) is 68.6 Å². The molecule has 2 aromatic rings. The zero-order chi connectivity index (χ0) is 13.2. The van der Waals surface area contributed by atoms with Crippen LogP contribution in [0, 0.1) is 6.92 Å². The van der Waals surface area contributed by atoms with E-state index in [0.29, 0.717) is 12.7 Å². The molecule has 0 fully saturated rings. The van der Waals surface area contributed by atoms with Gasteiger partial charge in [0.25, 0.3) is 0 Å². The minimum atomic E-state index is -0.260. The SMILES string of the molecule is [CH2-]CP(c1ccccc1)c1ccccc1.[Cl][Ni+][Cl]. The molecule has 0 atom stereocenters. The van der Waals surface area contributed by atoms with Gasteiger partial charge in [-0.25, -0.2) is 0 Å². The molecule has 0 aliphatic heterocycles. The van der Waals surface area contributed by atoms with E-state index in [-0.39, 0.29) is 7.92 Å².